The molecule has 0 saturated carbocycles. The lowest BCUT2D eigenvalue weighted by molar-refractivity contribution is -0.137. The van der Waals surface area contributed by atoms with E-state index in [2.05, 4.69) is 27.2 Å². The fourth-order valence-corrected chi connectivity index (χ4v) is 5.16. The van der Waals surface area contributed by atoms with Crippen molar-refractivity contribution in [2.45, 2.75) is 70.4 Å². The van der Waals surface area contributed by atoms with Crippen LogP contribution < -0.4 is 5.32 Å². The number of aromatic nitrogens is 3. The summed E-state index contributed by atoms with van der Waals surface area (Å²) in [6.45, 7) is 4.54. The second-order valence-electron chi connectivity index (χ2n) is 9.07. The van der Waals surface area contributed by atoms with Crippen LogP contribution in [0.5, 0.6) is 0 Å². The van der Waals surface area contributed by atoms with Crippen molar-refractivity contribution in [1.82, 2.24) is 25.2 Å². The van der Waals surface area contributed by atoms with E-state index in [-0.39, 0.29) is 42.0 Å². The molecule has 1 saturated heterocycles. The number of benzene rings is 1. The van der Waals surface area contributed by atoms with Crippen LogP contribution >= 0.6 is 11.3 Å². The zero-order valence-corrected chi connectivity index (χ0v) is 20.7. The summed E-state index contributed by atoms with van der Waals surface area (Å²) in [5.41, 5.74) is 2.32. The number of H-pyrrole nitrogens is 1. The largest absolute Gasteiger partial charge is 0.342 e. The Hall–Kier alpha value is -3.14. The number of hydrogen-bond donors (Lipinski definition) is 2. The fraction of sp³-hybridized carbons (Fsp3) is 0.480. The third-order valence-electron chi connectivity index (χ3n) is 6.60. The monoisotopic (exact) mass is 499 g/mol. The van der Waals surface area contributed by atoms with Crippen LogP contribution in [0.4, 0.5) is 4.39 Å². The molecule has 4 rings (SSSR count). The maximum atomic E-state index is 14.1. The van der Waals surface area contributed by atoms with Crippen LogP contribution in [0.3, 0.4) is 0 Å². The number of nitrogens with one attached hydrogen (secondary N) is 2. The van der Waals surface area contributed by atoms with Crippen LogP contribution in [0.15, 0.2) is 29.9 Å². The van der Waals surface area contributed by atoms with E-state index in [1.807, 2.05) is 11.8 Å². The molecule has 1 fully saturated rings. The average Bonchev–Trinajstić information content (AvgIpc) is 3.54. The highest BCUT2D eigenvalue weighted by Gasteiger charge is 2.32. The molecule has 186 valence electrons. The number of likely N-dealkylation sites (tertiary alicyclic amines) is 1. The molecule has 0 unspecified atom stereocenters. The van der Waals surface area contributed by atoms with Gasteiger partial charge in [-0.3, -0.25) is 19.4 Å². The standard InChI is InChI=1S/C25H30FN5O3S/c1-3-16-7-4-5-10-31(16)22(33)12-19(29-25(34)21-13-27-14-35-21)20(32)11-15(2)24-28-18-9-6-8-17(26)23(18)30-24/h6,8-9,13-16,19H,3-5,7,10-12H2,1-2H3,(H,28,30)(H,29,34)/t15-,16+,19+/m1/s1. The highest BCUT2D eigenvalue weighted by molar-refractivity contribution is 7.11. The van der Waals surface area contributed by atoms with Crippen LogP contribution in [0.25, 0.3) is 11.0 Å². The number of hydrogen-bond acceptors (Lipinski definition) is 6. The second-order valence-corrected chi connectivity index (χ2v) is 9.96. The highest BCUT2D eigenvalue weighted by atomic mass is 32.1. The molecule has 2 N–H and O–H groups in total. The molecule has 1 aliphatic heterocycles. The molecule has 35 heavy (non-hydrogen) atoms. The number of aromatic amines is 1. The zero-order chi connectivity index (χ0) is 24.9. The Balaban J connectivity index is 1.50. The predicted molar refractivity (Wildman–Crippen MR) is 132 cm³/mol. The predicted octanol–water partition coefficient (Wildman–Crippen LogP) is 4.20. The first-order chi connectivity index (χ1) is 16.9. The molecule has 3 aromatic rings. The van der Waals surface area contributed by atoms with Gasteiger partial charge in [0, 0.05) is 24.9 Å². The third-order valence-corrected chi connectivity index (χ3v) is 7.38. The van der Waals surface area contributed by atoms with Crippen LogP contribution in [0, 0.1) is 5.82 Å². The Morgan fingerprint density at radius 1 is 1.29 bits per heavy atom. The van der Waals surface area contributed by atoms with Crippen molar-refractivity contribution >= 4 is 40.0 Å². The first kappa shape index (κ1) is 25.0. The van der Waals surface area contributed by atoms with Gasteiger partial charge >= 0.3 is 0 Å². The molecule has 3 atom stereocenters. The number of piperidine rings is 1. The summed E-state index contributed by atoms with van der Waals surface area (Å²) in [7, 11) is 0. The summed E-state index contributed by atoms with van der Waals surface area (Å²) in [4.78, 5) is 52.9. The van der Waals surface area contributed by atoms with Crippen LogP contribution in [0.2, 0.25) is 0 Å². The Morgan fingerprint density at radius 2 is 2.11 bits per heavy atom. The normalized spacial score (nSPS) is 17.8. The van der Waals surface area contributed by atoms with Crippen LogP contribution in [-0.2, 0) is 9.59 Å². The molecular weight excluding hydrogens is 469 g/mol. The zero-order valence-electron chi connectivity index (χ0n) is 19.9. The van der Waals surface area contributed by atoms with E-state index in [9.17, 15) is 18.8 Å². The number of carbonyl (C=O) groups excluding carboxylic acids is 3. The van der Waals surface area contributed by atoms with Crippen molar-refractivity contribution in [3.63, 3.8) is 0 Å². The van der Waals surface area contributed by atoms with Crippen LogP contribution in [-0.4, -0.2) is 56.1 Å². The van der Waals surface area contributed by atoms with Gasteiger partial charge in [-0.05, 0) is 37.8 Å². The van der Waals surface area contributed by atoms with Gasteiger partial charge in [-0.15, -0.1) is 11.3 Å². The average molecular weight is 500 g/mol. The van der Waals surface area contributed by atoms with Crippen molar-refractivity contribution < 1.29 is 18.8 Å². The molecule has 0 bridgehead atoms. The molecule has 1 aliphatic rings. The molecule has 0 spiro atoms. The Bertz CT molecular complexity index is 1200. The van der Waals surface area contributed by atoms with E-state index in [4.69, 9.17) is 0 Å². The van der Waals surface area contributed by atoms with E-state index in [0.29, 0.717) is 22.8 Å². The lowest BCUT2D eigenvalue weighted by Gasteiger charge is -2.36. The number of thiazole rings is 1. The molecule has 0 radical (unpaired) electrons. The SMILES string of the molecule is CC[C@H]1CCCCN1C(=O)C[C@H](NC(=O)c1cncs1)C(=O)C[C@@H](C)c1nc2c(F)cccc2[nH]1. The summed E-state index contributed by atoms with van der Waals surface area (Å²) < 4.78 is 14.1. The number of ketones is 1. The molecule has 0 aliphatic carbocycles. The lowest BCUT2D eigenvalue weighted by atomic mass is 9.95. The second kappa shape index (κ2) is 11.1. The molecule has 1 aromatic carbocycles. The summed E-state index contributed by atoms with van der Waals surface area (Å²) in [5.74, 6) is -1.13. The smallest absolute Gasteiger partial charge is 0.263 e. The van der Waals surface area contributed by atoms with Gasteiger partial charge in [0.05, 0.1) is 29.7 Å². The van der Waals surface area contributed by atoms with Crippen molar-refractivity contribution in [2.24, 2.45) is 0 Å². The van der Waals surface area contributed by atoms with Crippen molar-refractivity contribution in [3.05, 3.63) is 46.4 Å². The third kappa shape index (κ3) is 5.75. The number of rotatable bonds is 9. The van der Waals surface area contributed by atoms with E-state index in [0.717, 1.165) is 25.7 Å². The first-order valence-electron chi connectivity index (χ1n) is 12.0. The Morgan fingerprint density at radius 3 is 2.83 bits per heavy atom. The number of fused-ring (bicyclic) bond motifs is 1. The first-order valence-corrected chi connectivity index (χ1v) is 12.9. The number of halogens is 1. The van der Waals surface area contributed by atoms with Gasteiger partial charge in [-0.25, -0.2) is 9.37 Å². The van der Waals surface area contributed by atoms with Crippen molar-refractivity contribution in [3.8, 4) is 0 Å². The maximum absolute atomic E-state index is 14.1. The minimum Gasteiger partial charge on any atom is -0.342 e. The van der Waals surface area contributed by atoms with Gasteiger partial charge in [-0.1, -0.05) is 19.9 Å². The molecular formula is C25H30FN5O3S. The lowest BCUT2D eigenvalue weighted by Crippen LogP contribution is -2.49. The number of Topliss-reactive ketones (excluding diaryl/α,β-unsaturated/α-hetero) is 1. The maximum Gasteiger partial charge on any atom is 0.263 e. The minimum atomic E-state index is -0.972. The summed E-state index contributed by atoms with van der Waals surface area (Å²) in [5, 5.41) is 2.76. The van der Waals surface area contributed by atoms with Gasteiger partial charge in [0.15, 0.2) is 11.6 Å². The van der Waals surface area contributed by atoms with Gasteiger partial charge in [0.1, 0.15) is 16.2 Å². The molecule has 2 aromatic heterocycles. The molecule has 8 nitrogen and oxygen atoms in total. The van der Waals surface area contributed by atoms with Gasteiger partial charge in [0.25, 0.3) is 5.91 Å². The van der Waals surface area contributed by atoms with Crippen molar-refractivity contribution in [2.75, 3.05) is 6.54 Å². The Kier molecular flexibility index (Phi) is 7.90. The minimum absolute atomic E-state index is 0.0412. The summed E-state index contributed by atoms with van der Waals surface area (Å²) >= 11 is 1.17. The highest BCUT2D eigenvalue weighted by Crippen LogP contribution is 2.24. The summed E-state index contributed by atoms with van der Waals surface area (Å²) in [6.07, 6.45) is 5.22. The van der Waals surface area contributed by atoms with Gasteiger partial charge in [0.2, 0.25) is 5.91 Å². The van der Waals surface area contributed by atoms with Crippen molar-refractivity contribution in [1.29, 1.82) is 0 Å². The quantitative estimate of drug-likeness (QED) is 0.459. The number of imidazole rings is 1. The van der Waals surface area contributed by atoms with E-state index < -0.39 is 17.8 Å². The number of amides is 2. The topological polar surface area (TPSA) is 108 Å². The van der Waals surface area contributed by atoms with Gasteiger partial charge in [-0.2, -0.15) is 0 Å². The Labute approximate surface area is 207 Å². The van der Waals surface area contributed by atoms with E-state index >= 15 is 0 Å². The number of para-hydroxylation sites is 1. The van der Waals surface area contributed by atoms with Gasteiger partial charge < -0.3 is 15.2 Å². The van der Waals surface area contributed by atoms with E-state index in [1.54, 1.807) is 17.6 Å². The van der Waals surface area contributed by atoms with Crippen LogP contribution in [0.1, 0.15) is 73.8 Å². The number of carbonyl (C=O) groups is 3. The molecule has 3 heterocycles. The molecule has 10 heteroatoms. The fourth-order valence-electron chi connectivity index (χ4n) is 4.64. The molecule has 2 amide bonds. The summed E-state index contributed by atoms with van der Waals surface area (Å²) in [6, 6.07) is 3.84. The number of nitrogens with zero attached hydrogens (tertiary/aromatic N) is 3. The van der Waals surface area contributed by atoms with E-state index in [1.165, 1.54) is 23.6 Å².